The number of carbonyl (C=O) groups excluding carboxylic acids is 2. The first-order valence-corrected chi connectivity index (χ1v) is 7.03. The molecule has 3 N–H and O–H groups in total. The van der Waals surface area contributed by atoms with Crippen LogP contribution in [-0.4, -0.2) is 23.5 Å². The first-order valence-electron chi connectivity index (χ1n) is 7.03. The molecule has 0 fully saturated rings. The second-order valence-electron chi connectivity index (χ2n) is 4.77. The molecule has 0 radical (unpaired) electrons. The number of para-hydroxylation sites is 1. The van der Waals surface area contributed by atoms with Gasteiger partial charge in [-0.05, 0) is 24.1 Å². The SMILES string of the molecule is O=C(Nc1ccccc1)C(=O)N[C@@H](CCO)c1ccccc1. The van der Waals surface area contributed by atoms with Gasteiger partial charge in [0, 0.05) is 12.3 Å². The van der Waals surface area contributed by atoms with E-state index in [1.54, 1.807) is 24.3 Å². The lowest BCUT2D eigenvalue weighted by Gasteiger charge is -2.18. The first-order chi connectivity index (χ1) is 10.7. The molecule has 0 saturated carbocycles. The van der Waals surface area contributed by atoms with Gasteiger partial charge in [0.15, 0.2) is 0 Å². The number of carbonyl (C=O) groups is 2. The van der Waals surface area contributed by atoms with E-state index in [0.29, 0.717) is 12.1 Å². The summed E-state index contributed by atoms with van der Waals surface area (Å²) in [6.07, 6.45) is 0.342. The lowest BCUT2D eigenvalue weighted by Crippen LogP contribution is -2.38. The van der Waals surface area contributed by atoms with Gasteiger partial charge in [-0.1, -0.05) is 48.5 Å². The van der Waals surface area contributed by atoms with Crippen molar-refractivity contribution in [2.75, 3.05) is 11.9 Å². The minimum absolute atomic E-state index is 0.0832. The van der Waals surface area contributed by atoms with E-state index in [-0.39, 0.29) is 6.61 Å². The number of aliphatic hydroxyl groups is 1. The molecule has 2 aromatic rings. The third-order valence-corrected chi connectivity index (χ3v) is 3.16. The maximum Gasteiger partial charge on any atom is 0.313 e. The van der Waals surface area contributed by atoms with Crippen molar-refractivity contribution in [1.82, 2.24) is 5.32 Å². The minimum atomic E-state index is -0.731. The predicted octanol–water partition coefficient (Wildman–Crippen LogP) is 1.86. The summed E-state index contributed by atoms with van der Waals surface area (Å²) < 4.78 is 0. The molecule has 2 amide bonds. The van der Waals surface area contributed by atoms with E-state index in [2.05, 4.69) is 10.6 Å². The summed E-state index contributed by atoms with van der Waals surface area (Å²) >= 11 is 0. The average molecular weight is 298 g/mol. The van der Waals surface area contributed by atoms with Gasteiger partial charge in [-0.3, -0.25) is 9.59 Å². The Labute approximate surface area is 129 Å². The number of nitrogens with one attached hydrogen (secondary N) is 2. The Hall–Kier alpha value is -2.66. The molecular formula is C17H18N2O3. The fourth-order valence-corrected chi connectivity index (χ4v) is 2.07. The molecule has 2 rings (SSSR count). The predicted molar refractivity (Wildman–Crippen MR) is 84.1 cm³/mol. The van der Waals surface area contributed by atoms with Crippen LogP contribution in [0.4, 0.5) is 5.69 Å². The Morgan fingerprint density at radius 2 is 1.50 bits per heavy atom. The number of hydrogen-bond acceptors (Lipinski definition) is 3. The number of rotatable bonds is 5. The van der Waals surface area contributed by atoms with Crippen LogP contribution in [0.5, 0.6) is 0 Å². The normalized spacial score (nSPS) is 11.5. The second kappa shape index (κ2) is 7.95. The minimum Gasteiger partial charge on any atom is -0.396 e. The van der Waals surface area contributed by atoms with Gasteiger partial charge >= 0.3 is 11.8 Å². The Kier molecular flexibility index (Phi) is 5.68. The topological polar surface area (TPSA) is 78.4 Å². The average Bonchev–Trinajstić information content (AvgIpc) is 2.56. The zero-order valence-corrected chi connectivity index (χ0v) is 12.0. The molecule has 0 spiro atoms. The molecule has 0 aliphatic rings. The van der Waals surface area contributed by atoms with Gasteiger partial charge in [-0.15, -0.1) is 0 Å². The fourth-order valence-electron chi connectivity index (χ4n) is 2.07. The van der Waals surface area contributed by atoms with Crippen LogP contribution in [0.3, 0.4) is 0 Å². The van der Waals surface area contributed by atoms with Gasteiger partial charge in [0.2, 0.25) is 0 Å². The van der Waals surface area contributed by atoms with Crippen molar-refractivity contribution < 1.29 is 14.7 Å². The Balaban J connectivity index is 2.00. The van der Waals surface area contributed by atoms with Gasteiger partial charge in [0.25, 0.3) is 0 Å². The van der Waals surface area contributed by atoms with Crippen LogP contribution in [0.1, 0.15) is 18.0 Å². The van der Waals surface area contributed by atoms with Crippen molar-refractivity contribution in [3.63, 3.8) is 0 Å². The zero-order chi connectivity index (χ0) is 15.8. The van der Waals surface area contributed by atoms with Gasteiger partial charge in [-0.2, -0.15) is 0 Å². The molecule has 2 aromatic carbocycles. The molecule has 0 aliphatic carbocycles. The Morgan fingerprint density at radius 3 is 2.09 bits per heavy atom. The van der Waals surface area contributed by atoms with E-state index in [1.165, 1.54) is 0 Å². The maximum absolute atomic E-state index is 12.0. The first kappa shape index (κ1) is 15.7. The van der Waals surface area contributed by atoms with Gasteiger partial charge in [0.05, 0.1) is 6.04 Å². The summed E-state index contributed by atoms with van der Waals surface area (Å²) in [4.78, 5) is 23.9. The third kappa shape index (κ3) is 4.43. The van der Waals surface area contributed by atoms with E-state index in [1.807, 2.05) is 36.4 Å². The number of anilines is 1. The molecule has 5 heteroatoms. The van der Waals surface area contributed by atoms with Crippen molar-refractivity contribution in [3.8, 4) is 0 Å². The summed E-state index contributed by atoms with van der Waals surface area (Å²) in [6, 6.07) is 17.6. The van der Waals surface area contributed by atoms with Crippen LogP contribution in [0.15, 0.2) is 60.7 Å². The quantitative estimate of drug-likeness (QED) is 0.737. The Bertz CT molecular complexity index is 614. The number of benzene rings is 2. The summed E-state index contributed by atoms with van der Waals surface area (Å²) in [5.74, 6) is -1.46. The molecule has 0 aliphatic heterocycles. The van der Waals surface area contributed by atoms with Crippen LogP contribution in [0, 0.1) is 0 Å². The smallest absolute Gasteiger partial charge is 0.313 e. The highest BCUT2D eigenvalue weighted by molar-refractivity contribution is 6.39. The van der Waals surface area contributed by atoms with E-state index in [4.69, 9.17) is 5.11 Å². The second-order valence-corrected chi connectivity index (χ2v) is 4.77. The summed E-state index contributed by atoms with van der Waals surface area (Å²) in [5.41, 5.74) is 1.40. The zero-order valence-electron chi connectivity index (χ0n) is 12.0. The summed E-state index contributed by atoms with van der Waals surface area (Å²) in [6.45, 7) is -0.0832. The molecule has 5 nitrogen and oxygen atoms in total. The van der Waals surface area contributed by atoms with Crippen LogP contribution in [0.2, 0.25) is 0 Å². The van der Waals surface area contributed by atoms with E-state index < -0.39 is 17.9 Å². The molecule has 114 valence electrons. The summed E-state index contributed by atoms with van der Waals surface area (Å²) in [7, 11) is 0. The van der Waals surface area contributed by atoms with E-state index in [0.717, 1.165) is 5.56 Å². The van der Waals surface area contributed by atoms with Crippen molar-refractivity contribution in [2.45, 2.75) is 12.5 Å². The number of hydrogen-bond donors (Lipinski definition) is 3. The molecule has 0 aromatic heterocycles. The molecule has 0 heterocycles. The van der Waals surface area contributed by atoms with E-state index in [9.17, 15) is 9.59 Å². The van der Waals surface area contributed by atoms with Gasteiger partial charge < -0.3 is 15.7 Å². The molecular weight excluding hydrogens is 280 g/mol. The molecule has 1 atom stereocenters. The van der Waals surface area contributed by atoms with Crippen molar-refractivity contribution >= 4 is 17.5 Å². The number of aliphatic hydroxyl groups excluding tert-OH is 1. The van der Waals surface area contributed by atoms with Crippen molar-refractivity contribution in [1.29, 1.82) is 0 Å². The maximum atomic E-state index is 12.0. The Morgan fingerprint density at radius 1 is 0.909 bits per heavy atom. The highest BCUT2D eigenvalue weighted by atomic mass is 16.3. The van der Waals surface area contributed by atoms with Crippen LogP contribution in [0.25, 0.3) is 0 Å². The monoisotopic (exact) mass is 298 g/mol. The fraction of sp³-hybridized carbons (Fsp3) is 0.176. The molecule has 0 bridgehead atoms. The lowest BCUT2D eigenvalue weighted by atomic mass is 10.0. The molecule has 0 saturated heterocycles. The lowest BCUT2D eigenvalue weighted by molar-refractivity contribution is -0.136. The number of amides is 2. The standard InChI is InChI=1S/C17H18N2O3/c20-12-11-15(13-7-3-1-4-8-13)19-17(22)16(21)18-14-9-5-2-6-10-14/h1-10,15,20H,11-12H2,(H,18,21)(H,19,22)/t15-/m0/s1. The van der Waals surface area contributed by atoms with E-state index >= 15 is 0 Å². The largest absolute Gasteiger partial charge is 0.396 e. The van der Waals surface area contributed by atoms with Crippen LogP contribution in [-0.2, 0) is 9.59 Å². The van der Waals surface area contributed by atoms with Crippen LogP contribution < -0.4 is 10.6 Å². The van der Waals surface area contributed by atoms with Gasteiger partial charge in [0.1, 0.15) is 0 Å². The molecule has 22 heavy (non-hydrogen) atoms. The van der Waals surface area contributed by atoms with Gasteiger partial charge in [-0.25, -0.2) is 0 Å². The third-order valence-electron chi connectivity index (χ3n) is 3.16. The molecule has 0 unspecified atom stereocenters. The van der Waals surface area contributed by atoms with Crippen LogP contribution >= 0.6 is 0 Å². The highest BCUT2D eigenvalue weighted by Crippen LogP contribution is 2.16. The highest BCUT2D eigenvalue weighted by Gasteiger charge is 2.19. The van der Waals surface area contributed by atoms with Crippen molar-refractivity contribution in [3.05, 3.63) is 66.2 Å². The van der Waals surface area contributed by atoms with Crippen molar-refractivity contribution in [2.24, 2.45) is 0 Å². The summed E-state index contributed by atoms with van der Waals surface area (Å²) in [5, 5.41) is 14.3.